The van der Waals surface area contributed by atoms with E-state index in [4.69, 9.17) is 4.74 Å². The largest absolute Gasteiger partial charge is 0.378 e. The SMILES string of the molecule is CC1(CCc2ccc(C(C)(C)C)cc2)COCCN1. The maximum Gasteiger partial charge on any atom is 0.0646 e. The van der Waals surface area contributed by atoms with Crippen LogP contribution in [0.15, 0.2) is 24.3 Å². The third kappa shape index (κ3) is 4.05. The lowest BCUT2D eigenvalue weighted by molar-refractivity contribution is 0.0318. The van der Waals surface area contributed by atoms with E-state index in [0.717, 1.165) is 32.6 Å². The van der Waals surface area contributed by atoms with Crippen LogP contribution in [-0.2, 0) is 16.6 Å². The number of aryl methyl sites for hydroxylation is 1. The Bertz CT molecular complexity index is 396. The third-order valence-electron chi connectivity index (χ3n) is 4.00. The molecule has 1 unspecified atom stereocenters. The second kappa shape index (κ2) is 5.64. The number of nitrogens with one attached hydrogen (secondary N) is 1. The van der Waals surface area contributed by atoms with Crippen molar-refractivity contribution in [3.8, 4) is 0 Å². The van der Waals surface area contributed by atoms with Crippen molar-refractivity contribution in [2.45, 2.75) is 51.5 Å². The minimum atomic E-state index is 0.140. The highest BCUT2D eigenvalue weighted by atomic mass is 16.5. The van der Waals surface area contributed by atoms with Gasteiger partial charge in [0, 0.05) is 12.1 Å². The number of hydrogen-bond acceptors (Lipinski definition) is 2. The molecule has 1 heterocycles. The molecular formula is C17H27NO. The van der Waals surface area contributed by atoms with E-state index in [-0.39, 0.29) is 11.0 Å². The summed E-state index contributed by atoms with van der Waals surface area (Å²) in [4.78, 5) is 0. The average molecular weight is 261 g/mol. The van der Waals surface area contributed by atoms with Crippen molar-refractivity contribution in [1.29, 1.82) is 0 Å². The van der Waals surface area contributed by atoms with Gasteiger partial charge in [0.2, 0.25) is 0 Å². The van der Waals surface area contributed by atoms with Crippen molar-refractivity contribution < 1.29 is 4.74 Å². The molecular weight excluding hydrogens is 234 g/mol. The summed E-state index contributed by atoms with van der Waals surface area (Å²) >= 11 is 0. The van der Waals surface area contributed by atoms with Crippen LogP contribution in [0.5, 0.6) is 0 Å². The van der Waals surface area contributed by atoms with Crippen LogP contribution in [-0.4, -0.2) is 25.3 Å². The Morgan fingerprint density at radius 2 is 1.89 bits per heavy atom. The molecule has 0 saturated carbocycles. The number of hydrogen-bond donors (Lipinski definition) is 1. The monoisotopic (exact) mass is 261 g/mol. The summed E-state index contributed by atoms with van der Waals surface area (Å²) in [6.45, 7) is 11.7. The van der Waals surface area contributed by atoms with E-state index >= 15 is 0 Å². The van der Waals surface area contributed by atoms with E-state index < -0.39 is 0 Å². The quantitative estimate of drug-likeness (QED) is 0.901. The highest BCUT2D eigenvalue weighted by Gasteiger charge is 2.26. The molecule has 0 radical (unpaired) electrons. The lowest BCUT2D eigenvalue weighted by Crippen LogP contribution is -2.52. The van der Waals surface area contributed by atoms with Crippen LogP contribution in [0.25, 0.3) is 0 Å². The summed E-state index contributed by atoms with van der Waals surface area (Å²) in [5, 5.41) is 3.58. The number of benzene rings is 1. The second-order valence-electron chi connectivity index (χ2n) is 6.99. The molecule has 0 spiro atoms. The Labute approximate surface area is 117 Å². The van der Waals surface area contributed by atoms with Crippen molar-refractivity contribution in [2.75, 3.05) is 19.8 Å². The van der Waals surface area contributed by atoms with Gasteiger partial charge < -0.3 is 10.1 Å². The fraction of sp³-hybridized carbons (Fsp3) is 0.647. The molecule has 106 valence electrons. The summed E-state index contributed by atoms with van der Waals surface area (Å²) in [6.07, 6.45) is 2.24. The van der Waals surface area contributed by atoms with E-state index in [1.807, 2.05) is 0 Å². The van der Waals surface area contributed by atoms with E-state index in [0.29, 0.717) is 0 Å². The molecule has 2 nitrogen and oxygen atoms in total. The molecule has 1 aromatic rings. The summed E-state index contributed by atoms with van der Waals surface area (Å²) in [7, 11) is 0. The fourth-order valence-corrected chi connectivity index (χ4v) is 2.53. The van der Waals surface area contributed by atoms with Gasteiger partial charge in [-0.15, -0.1) is 0 Å². The van der Waals surface area contributed by atoms with Crippen LogP contribution in [0, 0.1) is 0 Å². The summed E-state index contributed by atoms with van der Waals surface area (Å²) in [5.41, 5.74) is 3.20. The van der Waals surface area contributed by atoms with E-state index in [1.54, 1.807) is 0 Å². The van der Waals surface area contributed by atoms with Gasteiger partial charge in [-0.3, -0.25) is 0 Å². The topological polar surface area (TPSA) is 21.3 Å². The van der Waals surface area contributed by atoms with E-state index in [1.165, 1.54) is 11.1 Å². The van der Waals surface area contributed by atoms with Crippen molar-refractivity contribution in [3.63, 3.8) is 0 Å². The van der Waals surface area contributed by atoms with Gasteiger partial charge >= 0.3 is 0 Å². The predicted molar refractivity (Wildman–Crippen MR) is 80.7 cm³/mol. The van der Waals surface area contributed by atoms with Crippen molar-refractivity contribution in [2.24, 2.45) is 0 Å². The van der Waals surface area contributed by atoms with Crippen LogP contribution in [0.2, 0.25) is 0 Å². The molecule has 0 bridgehead atoms. The van der Waals surface area contributed by atoms with Gasteiger partial charge in [0.15, 0.2) is 0 Å². The molecule has 19 heavy (non-hydrogen) atoms. The molecule has 1 N–H and O–H groups in total. The fourth-order valence-electron chi connectivity index (χ4n) is 2.53. The first kappa shape index (κ1) is 14.5. The minimum absolute atomic E-state index is 0.140. The molecule has 2 rings (SSSR count). The Hall–Kier alpha value is -0.860. The molecule has 1 aliphatic heterocycles. The zero-order valence-corrected chi connectivity index (χ0v) is 12.8. The highest BCUT2D eigenvalue weighted by molar-refractivity contribution is 5.27. The van der Waals surface area contributed by atoms with Gasteiger partial charge in [0.05, 0.1) is 13.2 Å². The Morgan fingerprint density at radius 3 is 2.42 bits per heavy atom. The predicted octanol–water partition coefficient (Wildman–Crippen LogP) is 3.30. The van der Waals surface area contributed by atoms with Gasteiger partial charge in [-0.25, -0.2) is 0 Å². The first-order valence-corrected chi connectivity index (χ1v) is 7.31. The number of morpholine rings is 1. The Balaban J connectivity index is 1.93. The van der Waals surface area contributed by atoms with Crippen LogP contribution in [0.4, 0.5) is 0 Å². The van der Waals surface area contributed by atoms with E-state index in [2.05, 4.69) is 57.3 Å². The zero-order valence-electron chi connectivity index (χ0n) is 12.8. The van der Waals surface area contributed by atoms with Gasteiger partial charge in [-0.05, 0) is 36.3 Å². The normalized spacial score (nSPS) is 24.4. The zero-order chi connectivity index (χ0) is 13.9. The van der Waals surface area contributed by atoms with Crippen LogP contribution in [0.1, 0.15) is 45.2 Å². The van der Waals surface area contributed by atoms with Crippen molar-refractivity contribution >= 4 is 0 Å². The second-order valence-corrected chi connectivity index (χ2v) is 6.99. The van der Waals surface area contributed by atoms with Gasteiger partial charge in [-0.2, -0.15) is 0 Å². The van der Waals surface area contributed by atoms with Crippen molar-refractivity contribution in [1.82, 2.24) is 5.32 Å². The molecule has 0 aromatic heterocycles. The first-order valence-electron chi connectivity index (χ1n) is 7.31. The molecule has 0 amide bonds. The maximum atomic E-state index is 5.57. The van der Waals surface area contributed by atoms with E-state index in [9.17, 15) is 0 Å². The Kier molecular flexibility index (Phi) is 4.32. The number of rotatable bonds is 3. The molecule has 1 aliphatic rings. The molecule has 1 saturated heterocycles. The summed E-state index contributed by atoms with van der Waals surface area (Å²) in [6, 6.07) is 9.08. The van der Waals surface area contributed by atoms with Gasteiger partial charge in [0.25, 0.3) is 0 Å². The number of ether oxygens (including phenoxy) is 1. The molecule has 0 aliphatic carbocycles. The molecule has 2 heteroatoms. The third-order valence-corrected chi connectivity index (χ3v) is 4.00. The van der Waals surface area contributed by atoms with Crippen molar-refractivity contribution in [3.05, 3.63) is 35.4 Å². The molecule has 1 aromatic carbocycles. The smallest absolute Gasteiger partial charge is 0.0646 e. The summed E-state index contributed by atoms with van der Waals surface area (Å²) in [5.74, 6) is 0. The first-order chi connectivity index (χ1) is 8.89. The van der Waals surface area contributed by atoms with Gasteiger partial charge in [0.1, 0.15) is 0 Å². The summed E-state index contributed by atoms with van der Waals surface area (Å²) < 4.78 is 5.57. The lowest BCUT2D eigenvalue weighted by atomic mass is 9.86. The molecule has 1 atom stereocenters. The highest BCUT2D eigenvalue weighted by Crippen LogP contribution is 2.23. The lowest BCUT2D eigenvalue weighted by Gasteiger charge is -2.35. The minimum Gasteiger partial charge on any atom is -0.378 e. The maximum absolute atomic E-state index is 5.57. The van der Waals surface area contributed by atoms with Crippen LogP contribution < -0.4 is 5.32 Å². The molecule has 1 fully saturated rings. The Morgan fingerprint density at radius 1 is 1.21 bits per heavy atom. The van der Waals surface area contributed by atoms with Gasteiger partial charge in [-0.1, -0.05) is 45.0 Å². The van der Waals surface area contributed by atoms with Crippen LogP contribution >= 0.6 is 0 Å². The van der Waals surface area contributed by atoms with Crippen LogP contribution in [0.3, 0.4) is 0 Å². The standard InChI is InChI=1S/C17H27NO/c1-16(2,3)15-7-5-14(6-8-15)9-10-17(4)13-19-12-11-18-17/h5-8,18H,9-13H2,1-4H3. The average Bonchev–Trinajstić information content (AvgIpc) is 2.37.